The first-order valence-corrected chi connectivity index (χ1v) is 7.63. The summed E-state index contributed by atoms with van der Waals surface area (Å²) < 4.78 is 5.30. The summed E-state index contributed by atoms with van der Waals surface area (Å²) in [6.07, 6.45) is 0. The molecule has 0 spiro atoms. The van der Waals surface area contributed by atoms with Crippen LogP contribution in [0.3, 0.4) is 0 Å². The van der Waals surface area contributed by atoms with E-state index < -0.39 is 11.2 Å². The second-order valence-corrected chi connectivity index (χ2v) is 5.45. The lowest BCUT2D eigenvalue weighted by atomic mass is 9.98. The quantitative estimate of drug-likeness (QED) is 0.512. The first kappa shape index (κ1) is 16.8. The Labute approximate surface area is 146 Å². The number of nitrogens with one attached hydrogen (secondary N) is 2. The Balaban J connectivity index is 2.29. The number of pyridine rings is 1. The lowest BCUT2D eigenvalue weighted by molar-refractivity contribution is 0.201. The van der Waals surface area contributed by atoms with Gasteiger partial charge in [0, 0.05) is 5.56 Å². The van der Waals surface area contributed by atoms with Gasteiger partial charge in [-0.3, -0.25) is 14.8 Å². The van der Waals surface area contributed by atoms with Crippen LogP contribution in [0.5, 0.6) is 5.75 Å². The van der Waals surface area contributed by atoms with Crippen LogP contribution in [0.25, 0.3) is 22.2 Å². The van der Waals surface area contributed by atoms with Crippen LogP contribution in [0.1, 0.15) is 5.56 Å². The van der Waals surface area contributed by atoms with Crippen molar-refractivity contribution in [2.45, 2.75) is 5.03 Å². The number of aliphatic hydroxyl groups excluding tert-OH is 1. The number of nitriles is 1. The van der Waals surface area contributed by atoms with Crippen molar-refractivity contribution < 1.29 is 9.84 Å². The van der Waals surface area contributed by atoms with Crippen LogP contribution in [0.2, 0.25) is 0 Å². The molecule has 0 amide bonds. The van der Waals surface area contributed by atoms with E-state index in [1.807, 2.05) is 6.07 Å². The minimum absolute atomic E-state index is 0.0494. The number of aromatic amines is 2. The molecule has 2 aromatic heterocycles. The highest BCUT2D eigenvalue weighted by atomic mass is 32.1. The van der Waals surface area contributed by atoms with Gasteiger partial charge in [0.15, 0.2) is 0 Å². The molecule has 0 radical (unpaired) electrons. The number of thiol groups is 1. The van der Waals surface area contributed by atoms with Crippen molar-refractivity contribution >= 4 is 23.7 Å². The summed E-state index contributed by atoms with van der Waals surface area (Å²) in [7, 11) is 0. The average molecular weight is 356 g/mol. The zero-order valence-electron chi connectivity index (χ0n) is 12.7. The standard InChI is InChI=1S/C16H12N4O4S/c17-7-10-11(8-1-3-9(4-2-8)24-6-5-21)12-13(18-15(10)25)19-16(23)20-14(12)22/h1-4,21H,5-6H2,(H3,18,19,20,22,23,25). The normalized spacial score (nSPS) is 10.6. The van der Waals surface area contributed by atoms with Crippen LogP contribution in [-0.2, 0) is 0 Å². The topological polar surface area (TPSA) is 132 Å². The number of nitrogens with zero attached hydrogens (tertiary/aromatic N) is 2. The molecule has 126 valence electrons. The van der Waals surface area contributed by atoms with Crippen molar-refractivity contribution in [2.75, 3.05) is 13.2 Å². The predicted octanol–water partition coefficient (Wildman–Crippen LogP) is 0.810. The highest BCUT2D eigenvalue weighted by Gasteiger charge is 2.18. The predicted molar refractivity (Wildman–Crippen MR) is 93.0 cm³/mol. The molecule has 0 unspecified atom stereocenters. The highest BCUT2D eigenvalue weighted by molar-refractivity contribution is 7.80. The van der Waals surface area contributed by atoms with Gasteiger partial charge in [0.2, 0.25) is 0 Å². The molecular formula is C16H12N4O4S. The molecule has 0 atom stereocenters. The third-order valence-electron chi connectivity index (χ3n) is 3.48. The van der Waals surface area contributed by atoms with E-state index in [0.29, 0.717) is 16.9 Å². The summed E-state index contributed by atoms with van der Waals surface area (Å²) in [6.45, 7) is 0.0454. The van der Waals surface area contributed by atoms with Gasteiger partial charge in [-0.2, -0.15) is 5.26 Å². The number of H-pyrrole nitrogens is 2. The molecule has 0 saturated carbocycles. The molecule has 8 nitrogen and oxygen atoms in total. The summed E-state index contributed by atoms with van der Waals surface area (Å²) in [5.41, 5.74) is -0.282. The van der Waals surface area contributed by atoms with Crippen LogP contribution in [0.15, 0.2) is 38.9 Å². The molecule has 0 aliphatic rings. The van der Waals surface area contributed by atoms with E-state index in [9.17, 15) is 14.9 Å². The van der Waals surface area contributed by atoms with Crippen LogP contribution in [0, 0.1) is 11.3 Å². The SMILES string of the molecule is N#Cc1c(S)nc2[nH]c(=O)[nH]c(=O)c2c1-c1ccc(OCCO)cc1. The summed E-state index contributed by atoms with van der Waals surface area (Å²) in [5.74, 6) is 0.531. The molecule has 2 heterocycles. The van der Waals surface area contributed by atoms with Crippen molar-refractivity contribution in [1.29, 1.82) is 5.26 Å². The Kier molecular flexibility index (Phi) is 4.56. The number of fused-ring (bicyclic) bond motifs is 1. The number of aromatic nitrogens is 3. The molecule has 3 N–H and O–H groups in total. The Bertz CT molecular complexity index is 1100. The average Bonchev–Trinajstić information content (AvgIpc) is 2.59. The molecule has 9 heteroatoms. The molecule has 3 aromatic rings. The largest absolute Gasteiger partial charge is 0.491 e. The maximum atomic E-state index is 12.3. The van der Waals surface area contributed by atoms with Crippen molar-refractivity contribution in [3.05, 3.63) is 50.7 Å². The van der Waals surface area contributed by atoms with Gasteiger partial charge in [0.25, 0.3) is 5.56 Å². The van der Waals surface area contributed by atoms with E-state index in [-0.39, 0.29) is 34.8 Å². The lowest BCUT2D eigenvalue weighted by Gasteiger charge is -2.11. The zero-order valence-corrected chi connectivity index (χ0v) is 13.6. The molecule has 0 aliphatic carbocycles. The van der Waals surface area contributed by atoms with Gasteiger partial charge in [0.05, 0.1) is 17.6 Å². The Morgan fingerprint density at radius 3 is 2.60 bits per heavy atom. The minimum Gasteiger partial charge on any atom is -0.491 e. The monoisotopic (exact) mass is 356 g/mol. The van der Waals surface area contributed by atoms with Crippen LogP contribution < -0.4 is 16.0 Å². The number of hydrogen-bond donors (Lipinski definition) is 4. The Hall–Kier alpha value is -3.09. The number of benzene rings is 1. The molecule has 0 fully saturated rings. The summed E-state index contributed by atoms with van der Waals surface area (Å²) in [4.78, 5) is 32.4. The number of hydrogen-bond acceptors (Lipinski definition) is 7. The van der Waals surface area contributed by atoms with E-state index in [4.69, 9.17) is 9.84 Å². The first-order valence-electron chi connectivity index (χ1n) is 7.18. The molecule has 0 saturated heterocycles. The molecular weight excluding hydrogens is 344 g/mol. The molecule has 0 bridgehead atoms. The summed E-state index contributed by atoms with van der Waals surface area (Å²) in [6, 6.07) is 8.63. The third-order valence-corrected chi connectivity index (χ3v) is 3.80. The van der Waals surface area contributed by atoms with Crippen molar-refractivity contribution in [3.63, 3.8) is 0 Å². The van der Waals surface area contributed by atoms with E-state index in [1.165, 1.54) is 0 Å². The van der Waals surface area contributed by atoms with Gasteiger partial charge >= 0.3 is 5.69 Å². The van der Waals surface area contributed by atoms with Crippen molar-refractivity contribution in [2.24, 2.45) is 0 Å². The Morgan fingerprint density at radius 2 is 1.96 bits per heavy atom. The number of aliphatic hydroxyl groups is 1. The van der Waals surface area contributed by atoms with Gasteiger partial charge in [-0.05, 0) is 17.7 Å². The number of ether oxygens (including phenoxy) is 1. The minimum atomic E-state index is -0.693. The molecule has 25 heavy (non-hydrogen) atoms. The van der Waals surface area contributed by atoms with Gasteiger partial charge in [-0.25, -0.2) is 9.78 Å². The third kappa shape index (κ3) is 3.13. The summed E-state index contributed by atoms with van der Waals surface area (Å²) >= 11 is 4.19. The van der Waals surface area contributed by atoms with E-state index >= 15 is 0 Å². The number of rotatable bonds is 4. The van der Waals surface area contributed by atoms with Gasteiger partial charge in [-0.1, -0.05) is 12.1 Å². The van der Waals surface area contributed by atoms with Crippen molar-refractivity contribution in [3.8, 4) is 22.9 Å². The molecule has 1 aromatic carbocycles. The van der Waals surface area contributed by atoms with Crippen LogP contribution >= 0.6 is 12.6 Å². The van der Waals surface area contributed by atoms with Gasteiger partial charge in [-0.15, -0.1) is 12.6 Å². The highest BCUT2D eigenvalue weighted by Crippen LogP contribution is 2.32. The van der Waals surface area contributed by atoms with Crippen LogP contribution in [-0.4, -0.2) is 33.3 Å². The second-order valence-electron chi connectivity index (χ2n) is 5.03. The fraction of sp³-hybridized carbons (Fsp3) is 0.125. The fourth-order valence-electron chi connectivity index (χ4n) is 2.46. The fourth-order valence-corrected chi connectivity index (χ4v) is 2.73. The maximum Gasteiger partial charge on any atom is 0.327 e. The van der Waals surface area contributed by atoms with Gasteiger partial charge < -0.3 is 9.84 Å². The maximum absolute atomic E-state index is 12.3. The lowest BCUT2D eigenvalue weighted by Crippen LogP contribution is -2.23. The van der Waals surface area contributed by atoms with Gasteiger partial charge in [0.1, 0.15) is 29.1 Å². The first-order chi connectivity index (χ1) is 12.0. The second kappa shape index (κ2) is 6.80. The summed E-state index contributed by atoms with van der Waals surface area (Å²) in [5, 5.41) is 18.4. The molecule has 0 aliphatic heterocycles. The smallest absolute Gasteiger partial charge is 0.327 e. The molecule has 3 rings (SSSR count). The van der Waals surface area contributed by atoms with Crippen LogP contribution in [0.4, 0.5) is 0 Å². The Morgan fingerprint density at radius 1 is 1.24 bits per heavy atom. The van der Waals surface area contributed by atoms with Crippen molar-refractivity contribution in [1.82, 2.24) is 15.0 Å². The zero-order chi connectivity index (χ0) is 18.0. The van der Waals surface area contributed by atoms with E-state index in [1.54, 1.807) is 24.3 Å². The van der Waals surface area contributed by atoms with E-state index in [0.717, 1.165) is 0 Å². The van der Waals surface area contributed by atoms with E-state index in [2.05, 4.69) is 27.6 Å².